The van der Waals surface area contributed by atoms with Crippen LogP contribution >= 0.6 is 23.4 Å². The van der Waals surface area contributed by atoms with Crippen LogP contribution in [0.5, 0.6) is 0 Å². The van der Waals surface area contributed by atoms with Gasteiger partial charge in [0.1, 0.15) is 0 Å². The van der Waals surface area contributed by atoms with Crippen LogP contribution in [0.15, 0.2) is 29.3 Å². The van der Waals surface area contributed by atoms with Crippen LogP contribution < -0.4 is 0 Å². The molecule has 1 aromatic heterocycles. The molecule has 2 aromatic rings. The Morgan fingerprint density at radius 3 is 3.06 bits per heavy atom. The van der Waals surface area contributed by atoms with E-state index in [4.69, 9.17) is 11.6 Å². The van der Waals surface area contributed by atoms with Gasteiger partial charge in [0.05, 0.1) is 17.5 Å². The SMILES string of the molecule is CCSc1ccc(Cl)cc1-c1[nH]ncc1C=O. The van der Waals surface area contributed by atoms with Gasteiger partial charge in [-0.1, -0.05) is 18.5 Å². The summed E-state index contributed by atoms with van der Waals surface area (Å²) in [6, 6.07) is 5.65. The van der Waals surface area contributed by atoms with Gasteiger partial charge in [0, 0.05) is 15.5 Å². The summed E-state index contributed by atoms with van der Waals surface area (Å²) in [6.07, 6.45) is 2.31. The van der Waals surface area contributed by atoms with Crippen molar-refractivity contribution < 1.29 is 4.79 Å². The number of rotatable bonds is 4. The predicted octanol–water partition coefficient (Wildman–Crippen LogP) is 3.65. The number of hydrogen-bond donors (Lipinski definition) is 1. The molecule has 0 radical (unpaired) electrons. The number of carbonyl (C=O) groups is 1. The fourth-order valence-corrected chi connectivity index (χ4v) is 2.54. The maximum absolute atomic E-state index is 10.9. The highest BCUT2D eigenvalue weighted by molar-refractivity contribution is 7.99. The van der Waals surface area contributed by atoms with E-state index in [2.05, 4.69) is 17.1 Å². The Morgan fingerprint density at radius 1 is 1.53 bits per heavy atom. The van der Waals surface area contributed by atoms with Gasteiger partial charge in [-0.3, -0.25) is 9.89 Å². The van der Waals surface area contributed by atoms with Crippen LogP contribution in [0.1, 0.15) is 17.3 Å². The molecule has 0 bridgehead atoms. The maximum atomic E-state index is 10.9. The van der Waals surface area contributed by atoms with Crippen molar-refractivity contribution in [3.63, 3.8) is 0 Å². The van der Waals surface area contributed by atoms with Gasteiger partial charge < -0.3 is 0 Å². The first-order valence-electron chi connectivity index (χ1n) is 5.17. The summed E-state index contributed by atoms with van der Waals surface area (Å²) >= 11 is 7.70. The van der Waals surface area contributed by atoms with Gasteiger partial charge in [0.2, 0.25) is 0 Å². The van der Waals surface area contributed by atoms with Gasteiger partial charge in [-0.05, 0) is 24.0 Å². The van der Waals surface area contributed by atoms with E-state index >= 15 is 0 Å². The number of H-pyrrole nitrogens is 1. The summed E-state index contributed by atoms with van der Waals surface area (Å²) in [6.45, 7) is 2.08. The Bertz CT molecular complexity index is 539. The zero-order valence-corrected chi connectivity index (χ0v) is 10.8. The number of carbonyl (C=O) groups excluding carboxylic acids is 1. The molecular formula is C12H11ClN2OS. The molecule has 0 aliphatic heterocycles. The summed E-state index contributed by atoms with van der Waals surface area (Å²) in [5.74, 6) is 0.958. The van der Waals surface area contributed by atoms with E-state index in [0.29, 0.717) is 10.6 Å². The number of aldehydes is 1. The quantitative estimate of drug-likeness (QED) is 0.679. The molecule has 0 atom stereocenters. The van der Waals surface area contributed by atoms with Crippen molar-refractivity contribution in [2.45, 2.75) is 11.8 Å². The highest BCUT2D eigenvalue weighted by Gasteiger charge is 2.12. The number of hydrogen-bond acceptors (Lipinski definition) is 3. The van der Waals surface area contributed by atoms with E-state index in [-0.39, 0.29) is 0 Å². The lowest BCUT2D eigenvalue weighted by Gasteiger charge is -2.07. The van der Waals surface area contributed by atoms with Gasteiger partial charge in [-0.25, -0.2) is 0 Å². The highest BCUT2D eigenvalue weighted by Crippen LogP contribution is 2.33. The molecule has 3 nitrogen and oxygen atoms in total. The molecule has 2 rings (SSSR count). The lowest BCUT2D eigenvalue weighted by atomic mass is 10.1. The number of aromatic amines is 1. The fraction of sp³-hybridized carbons (Fsp3) is 0.167. The van der Waals surface area contributed by atoms with Gasteiger partial charge >= 0.3 is 0 Å². The van der Waals surface area contributed by atoms with Crippen LogP contribution in [0.3, 0.4) is 0 Å². The first kappa shape index (κ1) is 12.2. The Kier molecular flexibility index (Phi) is 3.86. The molecule has 17 heavy (non-hydrogen) atoms. The number of benzene rings is 1. The predicted molar refractivity (Wildman–Crippen MR) is 70.8 cm³/mol. The van der Waals surface area contributed by atoms with Crippen LogP contribution in [0.4, 0.5) is 0 Å². The summed E-state index contributed by atoms with van der Waals surface area (Å²) in [5.41, 5.74) is 2.19. The molecule has 0 amide bonds. The van der Waals surface area contributed by atoms with E-state index in [9.17, 15) is 4.79 Å². The first-order valence-corrected chi connectivity index (χ1v) is 6.54. The minimum Gasteiger partial charge on any atom is -0.298 e. The standard InChI is InChI=1S/C12H11ClN2OS/c1-2-17-11-4-3-9(13)5-10(11)12-8(7-16)6-14-15-12/h3-7H,2H2,1H3,(H,14,15). The largest absolute Gasteiger partial charge is 0.298 e. The minimum atomic E-state index is 0.546. The second-order valence-corrected chi connectivity index (χ2v) is 5.13. The normalized spacial score (nSPS) is 10.5. The molecule has 0 saturated heterocycles. The second kappa shape index (κ2) is 5.38. The Labute approximate surface area is 109 Å². The molecule has 0 aliphatic carbocycles. The molecule has 0 saturated carbocycles. The number of nitrogens with zero attached hydrogens (tertiary/aromatic N) is 1. The third kappa shape index (κ3) is 2.53. The molecule has 0 unspecified atom stereocenters. The van der Waals surface area contributed by atoms with E-state index in [0.717, 1.165) is 28.2 Å². The van der Waals surface area contributed by atoms with E-state index in [1.165, 1.54) is 6.20 Å². The molecular weight excluding hydrogens is 256 g/mol. The average molecular weight is 267 g/mol. The van der Waals surface area contributed by atoms with Gasteiger partial charge in [0.15, 0.2) is 6.29 Å². The van der Waals surface area contributed by atoms with E-state index in [1.807, 2.05) is 18.2 Å². The zero-order chi connectivity index (χ0) is 12.3. The summed E-state index contributed by atoms with van der Waals surface area (Å²) in [4.78, 5) is 12.0. The van der Waals surface area contributed by atoms with Crippen molar-refractivity contribution in [3.8, 4) is 11.3 Å². The molecule has 5 heteroatoms. The van der Waals surface area contributed by atoms with Crippen LogP contribution in [0, 0.1) is 0 Å². The van der Waals surface area contributed by atoms with Gasteiger partial charge in [-0.2, -0.15) is 5.10 Å². The number of halogens is 1. The van der Waals surface area contributed by atoms with E-state index < -0.39 is 0 Å². The topological polar surface area (TPSA) is 45.8 Å². The Balaban J connectivity index is 2.56. The van der Waals surface area contributed by atoms with Crippen molar-refractivity contribution in [2.75, 3.05) is 5.75 Å². The van der Waals surface area contributed by atoms with Crippen molar-refractivity contribution in [1.29, 1.82) is 0 Å². The van der Waals surface area contributed by atoms with Gasteiger partial charge in [0.25, 0.3) is 0 Å². The molecule has 88 valence electrons. The number of aromatic nitrogens is 2. The summed E-state index contributed by atoms with van der Waals surface area (Å²) < 4.78 is 0. The maximum Gasteiger partial charge on any atom is 0.153 e. The third-order valence-electron chi connectivity index (χ3n) is 2.31. The summed E-state index contributed by atoms with van der Waals surface area (Å²) in [5, 5.41) is 7.38. The van der Waals surface area contributed by atoms with Crippen molar-refractivity contribution in [3.05, 3.63) is 35.0 Å². The second-order valence-electron chi connectivity index (χ2n) is 3.39. The van der Waals surface area contributed by atoms with Crippen LogP contribution in [-0.2, 0) is 0 Å². The molecule has 0 aliphatic rings. The average Bonchev–Trinajstić information content (AvgIpc) is 2.79. The van der Waals surface area contributed by atoms with Crippen molar-refractivity contribution in [1.82, 2.24) is 10.2 Å². The minimum absolute atomic E-state index is 0.546. The lowest BCUT2D eigenvalue weighted by Crippen LogP contribution is -1.88. The Morgan fingerprint density at radius 2 is 2.35 bits per heavy atom. The molecule has 1 N–H and O–H groups in total. The molecule has 0 fully saturated rings. The smallest absolute Gasteiger partial charge is 0.153 e. The van der Waals surface area contributed by atoms with Crippen molar-refractivity contribution >= 4 is 29.6 Å². The number of thioether (sulfide) groups is 1. The number of nitrogens with one attached hydrogen (secondary N) is 1. The van der Waals surface area contributed by atoms with Crippen LogP contribution in [0.2, 0.25) is 5.02 Å². The fourth-order valence-electron chi connectivity index (χ4n) is 1.58. The lowest BCUT2D eigenvalue weighted by molar-refractivity contribution is 0.112. The monoisotopic (exact) mass is 266 g/mol. The summed E-state index contributed by atoms with van der Waals surface area (Å²) in [7, 11) is 0. The van der Waals surface area contributed by atoms with E-state index in [1.54, 1.807) is 11.8 Å². The highest BCUT2D eigenvalue weighted by atomic mass is 35.5. The first-order chi connectivity index (χ1) is 8.26. The van der Waals surface area contributed by atoms with Crippen LogP contribution in [0.25, 0.3) is 11.3 Å². The van der Waals surface area contributed by atoms with Crippen molar-refractivity contribution in [2.24, 2.45) is 0 Å². The molecule has 1 heterocycles. The van der Waals surface area contributed by atoms with Gasteiger partial charge in [-0.15, -0.1) is 11.8 Å². The Hall–Kier alpha value is -1.26. The molecule has 1 aromatic carbocycles. The van der Waals surface area contributed by atoms with Crippen LogP contribution in [-0.4, -0.2) is 22.2 Å². The molecule has 0 spiro atoms. The third-order valence-corrected chi connectivity index (χ3v) is 3.50. The zero-order valence-electron chi connectivity index (χ0n) is 9.24.